The molecule has 0 bridgehead atoms. The maximum absolute atomic E-state index is 9.66. The number of hydrogen-bond donors (Lipinski definition) is 5. The molecule has 0 radical (unpaired) electrons. The number of hydrogen-bond acceptors (Lipinski definition) is 6. The van der Waals surface area contributed by atoms with Gasteiger partial charge in [-0.3, -0.25) is 0 Å². The molecule has 0 aromatic rings. The second-order valence-electron chi connectivity index (χ2n) is 4.77. The third-order valence-corrected chi connectivity index (χ3v) is 3.28. The maximum atomic E-state index is 9.66. The SMILES string of the molecule is CCC(C)CNC[C@@H]1O[C@](O)(CO)[C@@H](O)[C@@H]1O. The quantitative estimate of drug-likeness (QED) is 0.389. The summed E-state index contributed by atoms with van der Waals surface area (Å²) in [6.07, 6.45) is -2.35. The molecule has 1 fully saturated rings. The fourth-order valence-corrected chi connectivity index (χ4v) is 1.78. The fraction of sp³-hybridized carbons (Fsp3) is 1.00. The zero-order valence-electron chi connectivity index (χ0n) is 10.3. The van der Waals surface area contributed by atoms with Gasteiger partial charge in [0, 0.05) is 6.54 Å². The van der Waals surface area contributed by atoms with Crippen molar-refractivity contribution in [2.24, 2.45) is 5.92 Å². The molecule has 1 rings (SSSR count). The van der Waals surface area contributed by atoms with E-state index in [2.05, 4.69) is 19.2 Å². The van der Waals surface area contributed by atoms with E-state index in [0.29, 0.717) is 12.5 Å². The summed E-state index contributed by atoms with van der Waals surface area (Å²) in [6.45, 7) is 4.54. The van der Waals surface area contributed by atoms with Crippen LogP contribution in [0.15, 0.2) is 0 Å². The molecule has 1 unspecified atom stereocenters. The van der Waals surface area contributed by atoms with Crippen molar-refractivity contribution in [1.82, 2.24) is 5.32 Å². The lowest BCUT2D eigenvalue weighted by Gasteiger charge is -2.23. The first kappa shape index (κ1) is 14.8. The van der Waals surface area contributed by atoms with E-state index < -0.39 is 30.7 Å². The van der Waals surface area contributed by atoms with Gasteiger partial charge in [0.1, 0.15) is 18.3 Å². The second kappa shape index (κ2) is 6.08. The normalized spacial score (nSPS) is 39.5. The van der Waals surface area contributed by atoms with Crippen molar-refractivity contribution in [2.45, 2.75) is 44.4 Å². The molecule has 1 saturated heterocycles. The van der Waals surface area contributed by atoms with Gasteiger partial charge in [0.25, 0.3) is 0 Å². The van der Waals surface area contributed by atoms with Crippen LogP contribution in [0.3, 0.4) is 0 Å². The molecule has 0 aliphatic carbocycles. The monoisotopic (exact) mass is 249 g/mol. The van der Waals surface area contributed by atoms with Gasteiger partial charge >= 0.3 is 0 Å². The summed E-state index contributed by atoms with van der Waals surface area (Å²) in [4.78, 5) is 0. The molecule has 17 heavy (non-hydrogen) atoms. The molecule has 0 amide bonds. The summed E-state index contributed by atoms with van der Waals surface area (Å²) in [5, 5.41) is 40.9. The van der Waals surface area contributed by atoms with Gasteiger partial charge in [0.2, 0.25) is 5.79 Å². The predicted octanol–water partition coefficient (Wildman–Crippen LogP) is -1.58. The van der Waals surface area contributed by atoms with Crippen LogP contribution in [0.1, 0.15) is 20.3 Å². The summed E-state index contributed by atoms with van der Waals surface area (Å²) in [5.41, 5.74) is 0. The number of aliphatic hydroxyl groups is 4. The highest BCUT2D eigenvalue weighted by molar-refractivity contribution is 4.95. The van der Waals surface area contributed by atoms with E-state index in [0.717, 1.165) is 13.0 Å². The van der Waals surface area contributed by atoms with Crippen LogP contribution in [-0.4, -0.2) is 64.2 Å². The molecule has 1 aliphatic heterocycles. The van der Waals surface area contributed by atoms with E-state index in [1.54, 1.807) is 0 Å². The van der Waals surface area contributed by atoms with Gasteiger partial charge in [0.15, 0.2) is 0 Å². The maximum Gasteiger partial charge on any atom is 0.219 e. The van der Waals surface area contributed by atoms with Gasteiger partial charge in [0.05, 0.1) is 6.61 Å². The molecular weight excluding hydrogens is 226 g/mol. The Morgan fingerprint density at radius 2 is 2.06 bits per heavy atom. The van der Waals surface area contributed by atoms with Crippen molar-refractivity contribution in [3.05, 3.63) is 0 Å². The molecule has 1 heterocycles. The van der Waals surface area contributed by atoms with Gasteiger partial charge in [-0.1, -0.05) is 20.3 Å². The Bertz CT molecular complexity index is 240. The van der Waals surface area contributed by atoms with Crippen LogP contribution in [0.5, 0.6) is 0 Å². The van der Waals surface area contributed by atoms with E-state index in [4.69, 9.17) is 9.84 Å². The fourth-order valence-electron chi connectivity index (χ4n) is 1.78. The zero-order chi connectivity index (χ0) is 13.1. The zero-order valence-corrected chi connectivity index (χ0v) is 10.3. The molecular formula is C11H23NO5. The molecule has 6 nitrogen and oxygen atoms in total. The average Bonchev–Trinajstić information content (AvgIpc) is 2.54. The molecule has 0 saturated carbocycles. The topological polar surface area (TPSA) is 102 Å². The van der Waals surface area contributed by atoms with E-state index in [1.165, 1.54) is 0 Å². The Balaban J connectivity index is 2.40. The lowest BCUT2D eigenvalue weighted by molar-refractivity contribution is -0.245. The summed E-state index contributed by atoms with van der Waals surface area (Å²) in [5.74, 6) is -1.54. The molecule has 0 aromatic heterocycles. The van der Waals surface area contributed by atoms with Gasteiger partial charge < -0.3 is 30.5 Å². The molecule has 0 spiro atoms. The van der Waals surface area contributed by atoms with Crippen molar-refractivity contribution < 1.29 is 25.2 Å². The molecule has 102 valence electrons. The Hall–Kier alpha value is -0.240. The minimum absolute atomic E-state index is 0.324. The lowest BCUT2D eigenvalue weighted by atomic mass is 10.1. The summed E-state index contributed by atoms with van der Waals surface area (Å²) < 4.78 is 5.08. The molecule has 1 aliphatic rings. The standard InChI is InChI=1S/C11H23NO5/c1-3-7(2)4-12-5-8-9(14)10(15)11(16,6-13)17-8/h7-10,12-16H,3-6H2,1-2H3/t7?,8-,9+,10-,11+/m0/s1. The van der Waals surface area contributed by atoms with Crippen LogP contribution in [0.25, 0.3) is 0 Å². The average molecular weight is 249 g/mol. The van der Waals surface area contributed by atoms with Crippen molar-refractivity contribution >= 4 is 0 Å². The van der Waals surface area contributed by atoms with Crippen molar-refractivity contribution in [2.75, 3.05) is 19.7 Å². The van der Waals surface area contributed by atoms with Gasteiger partial charge in [-0.05, 0) is 12.5 Å². The first-order chi connectivity index (χ1) is 7.94. The van der Waals surface area contributed by atoms with E-state index in [9.17, 15) is 15.3 Å². The second-order valence-corrected chi connectivity index (χ2v) is 4.77. The third kappa shape index (κ3) is 3.37. The Kier molecular flexibility index (Phi) is 5.30. The van der Waals surface area contributed by atoms with E-state index >= 15 is 0 Å². The first-order valence-electron chi connectivity index (χ1n) is 6.02. The molecule has 5 N–H and O–H groups in total. The number of nitrogens with one attached hydrogen (secondary N) is 1. The molecule has 0 aromatic carbocycles. The summed E-state index contributed by atoms with van der Waals surface area (Å²) in [6, 6.07) is 0. The smallest absolute Gasteiger partial charge is 0.219 e. The van der Waals surface area contributed by atoms with Gasteiger partial charge in [-0.2, -0.15) is 0 Å². The van der Waals surface area contributed by atoms with Crippen LogP contribution in [0.2, 0.25) is 0 Å². The van der Waals surface area contributed by atoms with Crippen LogP contribution < -0.4 is 5.32 Å². The Morgan fingerprint density at radius 1 is 1.41 bits per heavy atom. The van der Waals surface area contributed by atoms with Crippen LogP contribution >= 0.6 is 0 Å². The Morgan fingerprint density at radius 3 is 2.53 bits per heavy atom. The predicted molar refractivity (Wildman–Crippen MR) is 61.2 cm³/mol. The number of rotatable bonds is 6. The first-order valence-corrected chi connectivity index (χ1v) is 6.02. The van der Waals surface area contributed by atoms with Crippen LogP contribution in [-0.2, 0) is 4.74 Å². The Labute approximate surface area is 101 Å². The van der Waals surface area contributed by atoms with Crippen molar-refractivity contribution in [3.63, 3.8) is 0 Å². The minimum Gasteiger partial charge on any atom is -0.391 e. The largest absolute Gasteiger partial charge is 0.391 e. The minimum atomic E-state index is -2.05. The highest BCUT2D eigenvalue weighted by Crippen LogP contribution is 2.28. The lowest BCUT2D eigenvalue weighted by Crippen LogP contribution is -2.46. The van der Waals surface area contributed by atoms with Gasteiger partial charge in [-0.15, -0.1) is 0 Å². The molecule has 6 heteroatoms. The number of aliphatic hydroxyl groups excluding tert-OH is 3. The summed E-state index contributed by atoms with van der Waals surface area (Å²) >= 11 is 0. The number of ether oxygens (including phenoxy) is 1. The van der Waals surface area contributed by atoms with E-state index in [1.807, 2.05) is 0 Å². The third-order valence-electron chi connectivity index (χ3n) is 3.28. The van der Waals surface area contributed by atoms with Crippen molar-refractivity contribution in [1.29, 1.82) is 0 Å². The highest BCUT2D eigenvalue weighted by atomic mass is 16.7. The molecule has 5 atom stereocenters. The van der Waals surface area contributed by atoms with Crippen LogP contribution in [0.4, 0.5) is 0 Å². The summed E-state index contributed by atoms with van der Waals surface area (Å²) in [7, 11) is 0. The van der Waals surface area contributed by atoms with Crippen molar-refractivity contribution in [3.8, 4) is 0 Å². The van der Waals surface area contributed by atoms with E-state index in [-0.39, 0.29) is 0 Å². The van der Waals surface area contributed by atoms with Gasteiger partial charge in [-0.25, -0.2) is 0 Å². The van der Waals surface area contributed by atoms with Crippen LogP contribution in [0, 0.1) is 5.92 Å². The highest BCUT2D eigenvalue weighted by Gasteiger charge is 2.52.